The summed E-state index contributed by atoms with van der Waals surface area (Å²) >= 11 is 0. The van der Waals surface area contributed by atoms with Crippen LogP contribution >= 0.6 is 0 Å². The molecule has 1 aromatic carbocycles. The number of aryl methyl sites for hydroxylation is 1. The Morgan fingerprint density at radius 1 is 1.15 bits per heavy atom. The van der Waals surface area contributed by atoms with Crippen molar-refractivity contribution < 1.29 is 14.3 Å². The molecule has 0 spiro atoms. The van der Waals surface area contributed by atoms with Crippen LogP contribution in [0.5, 0.6) is 5.75 Å². The SMILES string of the molecule is CCC(=O)c1cnc(Nc2ccn(CC3(C)COC3)c(=O)n2)cc1Nc1cccc(-c2ncn(C)n2)c1OC. The van der Waals surface area contributed by atoms with Gasteiger partial charge in [0.05, 0.1) is 42.8 Å². The van der Waals surface area contributed by atoms with Gasteiger partial charge in [-0.2, -0.15) is 10.1 Å². The van der Waals surface area contributed by atoms with Gasteiger partial charge in [-0.05, 0) is 18.2 Å². The summed E-state index contributed by atoms with van der Waals surface area (Å²) in [5.41, 5.74) is 1.84. The second-order valence-electron chi connectivity index (χ2n) is 9.80. The highest BCUT2D eigenvalue weighted by Crippen LogP contribution is 2.37. The van der Waals surface area contributed by atoms with Gasteiger partial charge < -0.3 is 20.1 Å². The summed E-state index contributed by atoms with van der Waals surface area (Å²) in [5.74, 6) is 1.73. The summed E-state index contributed by atoms with van der Waals surface area (Å²) < 4.78 is 14.2. The molecule has 1 saturated heterocycles. The van der Waals surface area contributed by atoms with Crippen molar-refractivity contribution in [1.82, 2.24) is 29.3 Å². The van der Waals surface area contributed by atoms with Crippen LogP contribution in [0.2, 0.25) is 0 Å². The van der Waals surface area contributed by atoms with Crippen LogP contribution in [0.15, 0.2) is 53.8 Å². The van der Waals surface area contributed by atoms with Gasteiger partial charge in [-0.25, -0.2) is 14.8 Å². The molecule has 4 heterocycles. The first-order valence-electron chi connectivity index (χ1n) is 12.5. The van der Waals surface area contributed by atoms with Crippen LogP contribution in [-0.4, -0.2) is 55.4 Å². The molecule has 5 rings (SSSR count). The molecule has 0 saturated carbocycles. The van der Waals surface area contributed by atoms with Crippen molar-refractivity contribution in [2.24, 2.45) is 12.5 Å². The number of aromatic nitrogens is 6. The van der Waals surface area contributed by atoms with E-state index in [0.29, 0.717) is 71.9 Å². The van der Waals surface area contributed by atoms with Crippen molar-refractivity contribution in [2.45, 2.75) is 26.8 Å². The maximum atomic E-state index is 12.7. The fourth-order valence-electron chi connectivity index (χ4n) is 4.38. The lowest BCUT2D eigenvalue weighted by molar-refractivity contribution is -0.110. The van der Waals surface area contributed by atoms with Crippen LogP contribution in [0, 0.1) is 5.41 Å². The van der Waals surface area contributed by atoms with E-state index in [9.17, 15) is 9.59 Å². The average Bonchev–Trinajstić information content (AvgIpc) is 3.35. The molecule has 0 radical (unpaired) electrons. The molecule has 39 heavy (non-hydrogen) atoms. The van der Waals surface area contributed by atoms with Gasteiger partial charge in [-0.3, -0.25) is 14.0 Å². The van der Waals surface area contributed by atoms with E-state index in [4.69, 9.17) is 9.47 Å². The first-order chi connectivity index (χ1) is 18.8. The highest BCUT2D eigenvalue weighted by molar-refractivity contribution is 6.02. The minimum Gasteiger partial charge on any atom is -0.494 e. The second-order valence-corrected chi connectivity index (χ2v) is 9.80. The van der Waals surface area contributed by atoms with Crippen LogP contribution in [0.1, 0.15) is 30.6 Å². The summed E-state index contributed by atoms with van der Waals surface area (Å²) in [6.45, 7) is 5.64. The maximum absolute atomic E-state index is 12.7. The predicted octanol–water partition coefficient (Wildman–Crippen LogP) is 3.56. The standard InChI is InChI=1S/C27H30N8O4/c1-5-21(36)18-12-28-23(31-22-9-10-35(26(37)32-22)13-27(2)14-39-15-27)11-20(18)30-19-8-6-7-17(24(19)38-4)25-29-16-34(3)33-25/h6-12,16H,5,13-15H2,1-4H3,(H2,28,30,31,32,37). The lowest BCUT2D eigenvalue weighted by atomic mass is 9.89. The molecule has 0 bridgehead atoms. The maximum Gasteiger partial charge on any atom is 0.349 e. The van der Waals surface area contributed by atoms with E-state index in [1.54, 1.807) is 55.0 Å². The third kappa shape index (κ3) is 5.50. The Morgan fingerprint density at radius 2 is 1.97 bits per heavy atom. The molecule has 12 heteroatoms. The molecule has 4 aromatic rings. The number of Topliss-reactive ketones (excluding diaryl/α,β-unsaturated/α-hetero) is 1. The average molecular weight is 531 g/mol. The number of ketones is 1. The molecule has 0 amide bonds. The number of rotatable bonds is 10. The monoisotopic (exact) mass is 530 g/mol. The molecule has 1 aliphatic rings. The number of benzene rings is 1. The number of pyridine rings is 1. The molecule has 1 aliphatic heterocycles. The lowest BCUT2D eigenvalue weighted by Gasteiger charge is -2.38. The number of carbonyl (C=O) groups is 1. The minimum atomic E-state index is -0.367. The lowest BCUT2D eigenvalue weighted by Crippen LogP contribution is -2.45. The summed E-state index contributed by atoms with van der Waals surface area (Å²) in [6.07, 6.45) is 5.13. The molecule has 1 fully saturated rings. The van der Waals surface area contributed by atoms with Gasteiger partial charge in [-0.15, -0.1) is 0 Å². The number of carbonyl (C=O) groups excluding carboxylic acids is 1. The number of para-hydroxylation sites is 1. The highest BCUT2D eigenvalue weighted by atomic mass is 16.5. The van der Waals surface area contributed by atoms with Gasteiger partial charge in [-0.1, -0.05) is 19.9 Å². The smallest absolute Gasteiger partial charge is 0.349 e. The van der Waals surface area contributed by atoms with Crippen molar-refractivity contribution in [1.29, 1.82) is 0 Å². The second kappa shape index (κ2) is 10.7. The van der Waals surface area contributed by atoms with Gasteiger partial charge in [0.2, 0.25) is 0 Å². The summed E-state index contributed by atoms with van der Waals surface area (Å²) in [7, 11) is 3.36. The Balaban J connectivity index is 1.44. The van der Waals surface area contributed by atoms with Gasteiger partial charge in [0, 0.05) is 43.9 Å². The number of methoxy groups -OCH3 is 1. The zero-order chi connectivity index (χ0) is 27.6. The number of ether oxygens (including phenoxy) is 2. The van der Waals surface area contributed by atoms with E-state index in [-0.39, 0.29) is 16.9 Å². The number of hydrogen-bond donors (Lipinski definition) is 2. The highest BCUT2D eigenvalue weighted by Gasteiger charge is 2.34. The third-order valence-electron chi connectivity index (χ3n) is 6.44. The molecule has 0 unspecified atom stereocenters. The molecular weight excluding hydrogens is 500 g/mol. The number of hydrogen-bond acceptors (Lipinski definition) is 10. The van der Waals surface area contributed by atoms with Crippen molar-refractivity contribution in [3.63, 3.8) is 0 Å². The van der Waals surface area contributed by atoms with E-state index < -0.39 is 0 Å². The Kier molecular flexibility index (Phi) is 7.11. The molecule has 3 aromatic heterocycles. The van der Waals surface area contributed by atoms with Crippen molar-refractivity contribution in [2.75, 3.05) is 31.0 Å². The van der Waals surface area contributed by atoms with Gasteiger partial charge in [0.1, 0.15) is 18.0 Å². The van der Waals surface area contributed by atoms with Crippen LogP contribution in [0.3, 0.4) is 0 Å². The number of nitrogens with one attached hydrogen (secondary N) is 2. The predicted molar refractivity (Wildman–Crippen MR) is 146 cm³/mol. The van der Waals surface area contributed by atoms with Crippen molar-refractivity contribution in [3.8, 4) is 17.1 Å². The van der Waals surface area contributed by atoms with Crippen LogP contribution < -0.4 is 21.1 Å². The zero-order valence-electron chi connectivity index (χ0n) is 22.3. The molecule has 0 aliphatic carbocycles. The van der Waals surface area contributed by atoms with Crippen LogP contribution in [0.25, 0.3) is 11.4 Å². The Hall–Kier alpha value is -4.58. The zero-order valence-corrected chi connectivity index (χ0v) is 22.3. The van der Waals surface area contributed by atoms with Crippen molar-refractivity contribution in [3.05, 3.63) is 65.1 Å². The minimum absolute atomic E-state index is 0.0603. The van der Waals surface area contributed by atoms with E-state index in [2.05, 4.69) is 37.6 Å². The van der Waals surface area contributed by atoms with Crippen LogP contribution in [0.4, 0.5) is 23.0 Å². The Morgan fingerprint density at radius 3 is 2.62 bits per heavy atom. The van der Waals surface area contributed by atoms with Gasteiger partial charge in [0.25, 0.3) is 0 Å². The molecule has 2 N–H and O–H groups in total. The van der Waals surface area contributed by atoms with Crippen LogP contribution in [-0.2, 0) is 18.3 Å². The number of nitrogens with zero attached hydrogens (tertiary/aromatic N) is 6. The van der Waals surface area contributed by atoms with Crippen molar-refractivity contribution >= 4 is 28.8 Å². The normalized spacial score (nSPS) is 13.9. The van der Waals surface area contributed by atoms with E-state index in [1.165, 1.54) is 6.20 Å². The van der Waals surface area contributed by atoms with E-state index in [1.807, 2.05) is 18.2 Å². The summed E-state index contributed by atoms with van der Waals surface area (Å²) in [5, 5.41) is 10.8. The van der Waals surface area contributed by atoms with E-state index in [0.717, 1.165) is 0 Å². The first kappa shape index (κ1) is 26.0. The number of anilines is 4. The molecule has 0 atom stereocenters. The fraction of sp³-hybridized carbons (Fsp3) is 0.333. The van der Waals surface area contributed by atoms with E-state index >= 15 is 0 Å². The third-order valence-corrected chi connectivity index (χ3v) is 6.44. The van der Waals surface area contributed by atoms with Gasteiger partial charge in [0.15, 0.2) is 17.4 Å². The first-order valence-corrected chi connectivity index (χ1v) is 12.5. The Bertz CT molecular complexity index is 1570. The molecular formula is C27H30N8O4. The fourth-order valence-corrected chi connectivity index (χ4v) is 4.38. The van der Waals surface area contributed by atoms with Gasteiger partial charge >= 0.3 is 5.69 Å². The summed E-state index contributed by atoms with van der Waals surface area (Å²) in [4.78, 5) is 38.3. The Labute approximate surface area is 225 Å². The quantitative estimate of drug-likeness (QED) is 0.293. The summed E-state index contributed by atoms with van der Waals surface area (Å²) in [6, 6.07) is 8.98. The molecule has 12 nitrogen and oxygen atoms in total. The molecule has 202 valence electrons. The topological polar surface area (TPSA) is 138 Å². The largest absolute Gasteiger partial charge is 0.494 e.